The molecule has 0 unspecified atom stereocenters. The van der Waals surface area contributed by atoms with Crippen LogP contribution >= 0.6 is 0 Å². The Morgan fingerprint density at radius 2 is 1.68 bits per heavy atom. The number of rotatable bonds is 4. The zero-order valence-corrected chi connectivity index (χ0v) is 10.8. The average molecular weight is 255 g/mol. The zero-order chi connectivity index (χ0) is 13.9. The summed E-state index contributed by atoms with van der Waals surface area (Å²) >= 11 is 0. The lowest BCUT2D eigenvalue weighted by Crippen LogP contribution is -2.47. The van der Waals surface area contributed by atoms with Gasteiger partial charge in [-0.2, -0.15) is 0 Å². The summed E-state index contributed by atoms with van der Waals surface area (Å²) in [5, 5.41) is 9.55. The Balaban J connectivity index is 2.45. The number of nitrogens with two attached hydrogens (primary N) is 1. The van der Waals surface area contributed by atoms with Crippen LogP contribution in [0, 0.1) is 6.92 Å². The van der Waals surface area contributed by atoms with Gasteiger partial charge in [-0.15, -0.1) is 0 Å². The van der Waals surface area contributed by atoms with E-state index >= 15 is 0 Å². The smallest absolute Gasteiger partial charge is 0.328 e. The summed E-state index contributed by atoms with van der Waals surface area (Å²) in [7, 11) is 0. The van der Waals surface area contributed by atoms with Gasteiger partial charge in [0.25, 0.3) is 0 Å². The minimum atomic E-state index is -1.40. The molecule has 0 aliphatic carbocycles. The lowest BCUT2D eigenvalue weighted by Gasteiger charge is -2.27. The molecule has 19 heavy (non-hydrogen) atoms. The van der Waals surface area contributed by atoms with Crippen LogP contribution in [0.2, 0.25) is 0 Å². The summed E-state index contributed by atoms with van der Waals surface area (Å²) in [5.41, 5.74) is 7.26. The molecule has 0 aliphatic heterocycles. The van der Waals surface area contributed by atoms with Gasteiger partial charge >= 0.3 is 5.97 Å². The van der Waals surface area contributed by atoms with Crippen molar-refractivity contribution in [1.29, 1.82) is 0 Å². The number of aryl methyl sites for hydroxylation is 1. The quantitative estimate of drug-likeness (QED) is 0.882. The van der Waals surface area contributed by atoms with Crippen LogP contribution in [-0.4, -0.2) is 11.1 Å². The Hall–Kier alpha value is -2.13. The molecule has 0 fully saturated rings. The van der Waals surface area contributed by atoms with Gasteiger partial charge < -0.3 is 10.8 Å². The maximum atomic E-state index is 11.7. The van der Waals surface area contributed by atoms with E-state index in [1.165, 1.54) is 0 Å². The molecule has 3 heteroatoms. The van der Waals surface area contributed by atoms with Gasteiger partial charge in [-0.3, -0.25) is 0 Å². The van der Waals surface area contributed by atoms with Crippen molar-refractivity contribution < 1.29 is 9.90 Å². The Kier molecular flexibility index (Phi) is 3.67. The van der Waals surface area contributed by atoms with E-state index in [1.807, 2.05) is 55.5 Å². The molecular formula is C16H17NO2. The van der Waals surface area contributed by atoms with E-state index in [1.54, 1.807) is 6.07 Å². The molecule has 3 nitrogen and oxygen atoms in total. The maximum Gasteiger partial charge on any atom is 0.328 e. The van der Waals surface area contributed by atoms with Gasteiger partial charge in [0.2, 0.25) is 0 Å². The fraction of sp³-hybridized carbons (Fsp3) is 0.188. The second-order valence-electron chi connectivity index (χ2n) is 4.75. The van der Waals surface area contributed by atoms with Crippen molar-refractivity contribution in [3.63, 3.8) is 0 Å². The largest absolute Gasteiger partial charge is 0.480 e. The fourth-order valence-electron chi connectivity index (χ4n) is 2.28. The SMILES string of the molecule is Cc1ccccc1[C@](N)(Cc1ccccc1)C(=O)O. The van der Waals surface area contributed by atoms with Gasteiger partial charge in [0, 0.05) is 6.42 Å². The summed E-state index contributed by atoms with van der Waals surface area (Å²) in [6.07, 6.45) is 0.272. The van der Waals surface area contributed by atoms with Crippen molar-refractivity contribution in [3.8, 4) is 0 Å². The predicted molar refractivity (Wildman–Crippen MR) is 74.8 cm³/mol. The number of carboxylic acid groups (broad SMARTS) is 1. The Morgan fingerprint density at radius 3 is 2.26 bits per heavy atom. The lowest BCUT2D eigenvalue weighted by molar-refractivity contribution is -0.143. The van der Waals surface area contributed by atoms with Gasteiger partial charge in [0.05, 0.1) is 0 Å². The number of aliphatic carboxylic acids is 1. The van der Waals surface area contributed by atoms with Gasteiger partial charge in [-0.25, -0.2) is 4.79 Å². The van der Waals surface area contributed by atoms with E-state index in [-0.39, 0.29) is 6.42 Å². The van der Waals surface area contributed by atoms with Gasteiger partial charge in [0.15, 0.2) is 0 Å². The zero-order valence-electron chi connectivity index (χ0n) is 10.8. The van der Waals surface area contributed by atoms with Crippen molar-refractivity contribution in [1.82, 2.24) is 0 Å². The molecule has 2 aromatic rings. The molecule has 1 atom stereocenters. The first kappa shape index (κ1) is 13.3. The molecule has 0 spiro atoms. The number of hydrogen-bond donors (Lipinski definition) is 2. The molecule has 2 aromatic carbocycles. The monoisotopic (exact) mass is 255 g/mol. The highest BCUT2D eigenvalue weighted by Gasteiger charge is 2.37. The Labute approximate surface area is 112 Å². The normalized spacial score (nSPS) is 13.8. The third kappa shape index (κ3) is 2.66. The van der Waals surface area contributed by atoms with E-state index < -0.39 is 11.5 Å². The first-order chi connectivity index (χ1) is 9.04. The van der Waals surface area contributed by atoms with E-state index in [4.69, 9.17) is 5.73 Å². The second kappa shape index (κ2) is 5.24. The first-order valence-corrected chi connectivity index (χ1v) is 6.16. The van der Waals surface area contributed by atoms with Crippen molar-refractivity contribution in [3.05, 3.63) is 71.3 Å². The van der Waals surface area contributed by atoms with Crippen molar-refractivity contribution >= 4 is 5.97 Å². The van der Waals surface area contributed by atoms with Crippen LogP contribution in [0.1, 0.15) is 16.7 Å². The highest BCUT2D eigenvalue weighted by molar-refractivity contribution is 5.81. The van der Waals surface area contributed by atoms with E-state index in [0.29, 0.717) is 5.56 Å². The molecule has 0 saturated heterocycles. The molecule has 0 heterocycles. The average Bonchev–Trinajstić information content (AvgIpc) is 2.40. The summed E-state index contributed by atoms with van der Waals surface area (Å²) in [5.74, 6) is -1.01. The standard InChI is InChI=1S/C16H17NO2/c1-12-7-5-6-10-14(12)16(17,15(18)19)11-13-8-3-2-4-9-13/h2-10H,11,17H2,1H3,(H,18,19)/t16-/m1/s1. The highest BCUT2D eigenvalue weighted by atomic mass is 16.4. The first-order valence-electron chi connectivity index (χ1n) is 6.16. The second-order valence-corrected chi connectivity index (χ2v) is 4.75. The Morgan fingerprint density at radius 1 is 1.11 bits per heavy atom. The summed E-state index contributed by atoms with van der Waals surface area (Å²) in [6.45, 7) is 1.88. The van der Waals surface area contributed by atoms with Crippen LogP contribution in [0.5, 0.6) is 0 Å². The molecule has 0 saturated carbocycles. The number of carbonyl (C=O) groups is 1. The Bertz CT molecular complexity index is 580. The number of benzene rings is 2. The van der Waals surface area contributed by atoms with E-state index in [2.05, 4.69) is 0 Å². The molecule has 0 radical (unpaired) electrons. The lowest BCUT2D eigenvalue weighted by atomic mass is 9.82. The fourth-order valence-corrected chi connectivity index (χ4v) is 2.28. The van der Waals surface area contributed by atoms with E-state index in [0.717, 1.165) is 11.1 Å². The minimum Gasteiger partial charge on any atom is -0.480 e. The minimum absolute atomic E-state index is 0.272. The van der Waals surface area contributed by atoms with Crippen molar-refractivity contribution in [2.24, 2.45) is 5.73 Å². The maximum absolute atomic E-state index is 11.7. The molecule has 3 N–H and O–H groups in total. The molecule has 0 aromatic heterocycles. The van der Waals surface area contributed by atoms with Crippen molar-refractivity contribution in [2.75, 3.05) is 0 Å². The molecule has 98 valence electrons. The molecule has 0 aliphatic rings. The van der Waals surface area contributed by atoms with Crippen LogP contribution in [0.3, 0.4) is 0 Å². The van der Waals surface area contributed by atoms with Crippen molar-refractivity contribution in [2.45, 2.75) is 18.9 Å². The van der Waals surface area contributed by atoms with Crippen LogP contribution in [-0.2, 0) is 16.8 Å². The summed E-state index contributed by atoms with van der Waals surface area (Å²) < 4.78 is 0. The van der Waals surface area contributed by atoms with Gasteiger partial charge in [0.1, 0.15) is 5.54 Å². The summed E-state index contributed by atoms with van der Waals surface area (Å²) in [4.78, 5) is 11.7. The van der Waals surface area contributed by atoms with Crippen LogP contribution < -0.4 is 5.73 Å². The molecule has 0 bridgehead atoms. The third-order valence-electron chi connectivity index (χ3n) is 3.33. The van der Waals surface area contributed by atoms with Crippen LogP contribution in [0.15, 0.2) is 54.6 Å². The number of carboxylic acids is 1. The molecular weight excluding hydrogens is 238 g/mol. The van der Waals surface area contributed by atoms with Gasteiger partial charge in [-0.05, 0) is 23.6 Å². The number of hydrogen-bond acceptors (Lipinski definition) is 2. The van der Waals surface area contributed by atoms with Crippen LogP contribution in [0.4, 0.5) is 0 Å². The third-order valence-corrected chi connectivity index (χ3v) is 3.33. The highest BCUT2D eigenvalue weighted by Crippen LogP contribution is 2.26. The molecule has 2 rings (SSSR count). The van der Waals surface area contributed by atoms with E-state index in [9.17, 15) is 9.90 Å². The molecule has 0 amide bonds. The summed E-state index contributed by atoms with van der Waals surface area (Å²) in [6, 6.07) is 16.8. The predicted octanol–water partition coefficient (Wildman–Crippen LogP) is 2.48. The van der Waals surface area contributed by atoms with Gasteiger partial charge in [-0.1, -0.05) is 54.6 Å². The topological polar surface area (TPSA) is 63.3 Å². The van der Waals surface area contributed by atoms with Crippen LogP contribution in [0.25, 0.3) is 0 Å².